The highest BCUT2D eigenvalue weighted by Crippen LogP contribution is 2.54. The molecule has 0 aromatic carbocycles. The van der Waals surface area contributed by atoms with Crippen molar-refractivity contribution < 1.29 is 18.7 Å². The van der Waals surface area contributed by atoms with E-state index in [1.165, 1.54) is 9.42 Å². The Morgan fingerprint density at radius 1 is 1.18 bits per heavy atom. The minimum Gasteiger partial charge on any atom is -0.444 e. The van der Waals surface area contributed by atoms with Crippen LogP contribution in [0.2, 0.25) is 0 Å². The molecule has 12 heteroatoms. The average Bonchev–Trinajstić information content (AvgIpc) is 3.34. The maximum atomic E-state index is 14.8. The van der Waals surface area contributed by atoms with Crippen LogP contribution in [0.4, 0.5) is 15.0 Å². The smallest absolute Gasteiger partial charge is 0.410 e. The molecule has 2 amide bonds. The summed E-state index contributed by atoms with van der Waals surface area (Å²) < 4.78 is 23.4. The van der Waals surface area contributed by atoms with Gasteiger partial charge < -0.3 is 9.64 Å². The number of rotatable bonds is 4. The molecule has 11 nitrogen and oxygen atoms in total. The van der Waals surface area contributed by atoms with Gasteiger partial charge >= 0.3 is 6.09 Å². The topological polar surface area (TPSA) is 122 Å². The van der Waals surface area contributed by atoms with Crippen LogP contribution in [0.25, 0.3) is 16.8 Å². The van der Waals surface area contributed by atoms with E-state index in [1.54, 1.807) is 22.0 Å². The van der Waals surface area contributed by atoms with Crippen molar-refractivity contribution in [2.45, 2.75) is 52.2 Å². The molecule has 38 heavy (non-hydrogen) atoms. The number of nitrogens with zero attached hydrogens (tertiary/aromatic N) is 8. The first-order valence-electron chi connectivity index (χ1n) is 12.8. The summed E-state index contributed by atoms with van der Waals surface area (Å²) in [5.74, 6) is -0.949. The van der Waals surface area contributed by atoms with Crippen molar-refractivity contribution in [1.82, 2.24) is 29.3 Å². The van der Waals surface area contributed by atoms with Crippen molar-refractivity contribution in [3.8, 4) is 17.3 Å². The molecular weight excluding hydrogens is 491 g/mol. The number of amides is 2. The molecule has 1 saturated carbocycles. The van der Waals surface area contributed by atoms with Crippen molar-refractivity contribution >= 4 is 23.3 Å². The van der Waals surface area contributed by atoms with Gasteiger partial charge in [-0.25, -0.2) is 18.7 Å². The second-order valence-electron chi connectivity index (χ2n) is 11.6. The summed E-state index contributed by atoms with van der Waals surface area (Å²) in [5.41, 5.74) is -0.451. The fraction of sp³-hybridized carbons (Fsp3) is 0.538. The SMILES string of the molecule is C[C@@H]1CN(c2nc(-c3cnn(C4CN(C(=O)OC(C)(C)C)C4)c3)cn3ncc(F)c23)C(=O)[C@]1(C#N)C1CC1. The third-order valence-electron chi connectivity index (χ3n) is 7.71. The Bertz CT molecular complexity index is 1490. The average molecular weight is 521 g/mol. The van der Waals surface area contributed by atoms with Gasteiger partial charge in [-0.05, 0) is 39.5 Å². The van der Waals surface area contributed by atoms with Gasteiger partial charge in [0.25, 0.3) is 0 Å². The Labute approximate surface area is 218 Å². The van der Waals surface area contributed by atoms with E-state index >= 15 is 0 Å². The molecule has 3 fully saturated rings. The summed E-state index contributed by atoms with van der Waals surface area (Å²) in [7, 11) is 0. The van der Waals surface area contributed by atoms with E-state index in [1.807, 2.05) is 33.9 Å². The van der Waals surface area contributed by atoms with Crippen LogP contribution in [0.1, 0.15) is 46.6 Å². The predicted molar refractivity (Wildman–Crippen MR) is 133 cm³/mol. The third-order valence-corrected chi connectivity index (χ3v) is 7.71. The zero-order valence-corrected chi connectivity index (χ0v) is 21.8. The van der Waals surface area contributed by atoms with E-state index in [4.69, 9.17) is 9.72 Å². The lowest BCUT2D eigenvalue weighted by Crippen LogP contribution is -2.52. The maximum Gasteiger partial charge on any atom is 0.410 e. The van der Waals surface area contributed by atoms with Crippen molar-refractivity contribution in [3.05, 3.63) is 30.6 Å². The second kappa shape index (κ2) is 8.24. The summed E-state index contributed by atoms with van der Waals surface area (Å²) in [6.07, 6.45) is 7.47. The molecule has 3 aromatic rings. The zero-order chi connectivity index (χ0) is 27.0. The first kappa shape index (κ1) is 24.3. The van der Waals surface area contributed by atoms with E-state index in [2.05, 4.69) is 16.3 Å². The molecule has 198 valence electrons. The molecule has 3 aliphatic rings. The van der Waals surface area contributed by atoms with Gasteiger partial charge in [0, 0.05) is 37.3 Å². The van der Waals surface area contributed by atoms with Gasteiger partial charge in [-0.3, -0.25) is 14.4 Å². The number of hydrogen-bond acceptors (Lipinski definition) is 7. The molecule has 6 rings (SSSR count). The third kappa shape index (κ3) is 3.71. The Balaban J connectivity index is 1.29. The Hall–Kier alpha value is -4.01. The lowest BCUT2D eigenvalue weighted by Gasteiger charge is -2.39. The standard InChI is InChI=1S/C26H29FN8O3/c1-15-9-33(23(36)26(15,14-28)17-5-6-17)22-21-19(27)8-30-35(21)13-20(31-22)16-7-29-34(10-16)18-11-32(12-18)24(37)38-25(2,3)4/h7-8,10,13,15,17-18H,5-6,9,11-12H2,1-4H3/t15-,26+/m1/s1. The number of halogens is 1. The number of hydrogen-bond donors (Lipinski definition) is 0. The molecule has 0 spiro atoms. The number of fused-ring (bicyclic) bond motifs is 1. The van der Waals surface area contributed by atoms with Gasteiger partial charge in [0.05, 0.1) is 36.4 Å². The summed E-state index contributed by atoms with van der Waals surface area (Å²) in [6.45, 7) is 8.60. The summed E-state index contributed by atoms with van der Waals surface area (Å²) in [6, 6.07) is 2.29. The highest BCUT2D eigenvalue weighted by Gasteiger charge is 2.61. The number of carbonyl (C=O) groups is 2. The van der Waals surface area contributed by atoms with E-state index in [-0.39, 0.29) is 47.8 Å². The molecular formula is C26H29FN8O3. The molecule has 3 aromatic heterocycles. The second-order valence-corrected chi connectivity index (χ2v) is 11.6. The van der Waals surface area contributed by atoms with Gasteiger partial charge in [-0.1, -0.05) is 6.92 Å². The summed E-state index contributed by atoms with van der Waals surface area (Å²) in [4.78, 5) is 33.7. The molecule has 2 aliphatic heterocycles. The number of likely N-dealkylation sites (tertiary alicyclic amines) is 1. The fourth-order valence-corrected chi connectivity index (χ4v) is 5.54. The Kier molecular flexibility index (Phi) is 5.28. The van der Waals surface area contributed by atoms with Gasteiger partial charge in [-0.2, -0.15) is 15.5 Å². The van der Waals surface area contributed by atoms with Crippen LogP contribution in [0.15, 0.2) is 24.8 Å². The van der Waals surface area contributed by atoms with Crippen LogP contribution in [-0.2, 0) is 9.53 Å². The number of carbonyl (C=O) groups excluding carboxylic acids is 2. The normalized spacial score (nSPS) is 24.1. The number of anilines is 1. The maximum absolute atomic E-state index is 14.8. The van der Waals surface area contributed by atoms with Gasteiger partial charge in [0.2, 0.25) is 5.91 Å². The molecule has 0 bridgehead atoms. The van der Waals surface area contributed by atoms with Crippen molar-refractivity contribution in [2.75, 3.05) is 24.5 Å². The van der Waals surface area contributed by atoms with Crippen molar-refractivity contribution in [2.24, 2.45) is 17.3 Å². The van der Waals surface area contributed by atoms with E-state index in [9.17, 15) is 19.2 Å². The zero-order valence-electron chi connectivity index (χ0n) is 21.8. The predicted octanol–water partition coefficient (Wildman–Crippen LogP) is 3.43. The highest BCUT2D eigenvalue weighted by atomic mass is 19.1. The first-order chi connectivity index (χ1) is 18.0. The lowest BCUT2D eigenvalue weighted by molar-refractivity contribution is -0.124. The summed E-state index contributed by atoms with van der Waals surface area (Å²) in [5, 5.41) is 18.6. The molecule has 1 aliphatic carbocycles. The van der Waals surface area contributed by atoms with Gasteiger partial charge in [-0.15, -0.1) is 0 Å². The fourth-order valence-electron chi connectivity index (χ4n) is 5.54. The molecule has 5 heterocycles. The first-order valence-corrected chi connectivity index (χ1v) is 12.8. The van der Waals surface area contributed by atoms with Crippen molar-refractivity contribution in [3.63, 3.8) is 0 Å². The van der Waals surface area contributed by atoms with Crippen LogP contribution in [0, 0.1) is 34.4 Å². The van der Waals surface area contributed by atoms with Crippen LogP contribution < -0.4 is 4.90 Å². The van der Waals surface area contributed by atoms with E-state index < -0.39 is 16.8 Å². The van der Waals surface area contributed by atoms with Crippen LogP contribution >= 0.6 is 0 Å². The van der Waals surface area contributed by atoms with Crippen LogP contribution in [0.3, 0.4) is 0 Å². The minimum absolute atomic E-state index is 0.0163. The molecule has 0 unspecified atom stereocenters. The molecule has 2 saturated heterocycles. The number of aromatic nitrogens is 5. The highest BCUT2D eigenvalue weighted by molar-refractivity contribution is 6.04. The Morgan fingerprint density at radius 3 is 2.58 bits per heavy atom. The number of ether oxygens (including phenoxy) is 1. The number of nitriles is 1. The minimum atomic E-state index is -1.11. The van der Waals surface area contributed by atoms with Crippen molar-refractivity contribution in [1.29, 1.82) is 5.26 Å². The molecule has 2 atom stereocenters. The van der Waals surface area contributed by atoms with Gasteiger partial charge in [0.1, 0.15) is 16.5 Å². The van der Waals surface area contributed by atoms with E-state index in [0.29, 0.717) is 24.3 Å². The van der Waals surface area contributed by atoms with Crippen LogP contribution in [0.5, 0.6) is 0 Å². The monoisotopic (exact) mass is 520 g/mol. The quantitative estimate of drug-likeness (QED) is 0.517. The van der Waals surface area contributed by atoms with E-state index in [0.717, 1.165) is 19.0 Å². The van der Waals surface area contributed by atoms with Gasteiger partial charge in [0.15, 0.2) is 11.6 Å². The largest absolute Gasteiger partial charge is 0.444 e. The molecule has 0 N–H and O–H groups in total. The lowest BCUT2D eigenvalue weighted by atomic mass is 9.75. The summed E-state index contributed by atoms with van der Waals surface area (Å²) >= 11 is 0. The Morgan fingerprint density at radius 2 is 1.92 bits per heavy atom. The molecule has 0 radical (unpaired) electrons. The van der Waals surface area contributed by atoms with Crippen LogP contribution in [-0.4, -0.2) is 66.5 Å².